The molecule has 3 rings (SSSR count). The van der Waals surface area contributed by atoms with Gasteiger partial charge in [0.25, 0.3) is 0 Å². The zero-order valence-corrected chi connectivity index (χ0v) is 13.9. The standard InChI is InChI=1S/C17H19F2N3O3/c1-20-10-16(24)22(17(20)25)7-2-3-15(23)21-8-6-11-12(9-21)14(19)5-4-13(11)18/h4-5H,2-3,6-10H2,1H3. The van der Waals surface area contributed by atoms with E-state index >= 15 is 0 Å². The van der Waals surface area contributed by atoms with Crippen molar-refractivity contribution in [3.8, 4) is 0 Å². The third kappa shape index (κ3) is 3.33. The molecule has 0 bridgehead atoms. The second-order valence-corrected chi connectivity index (χ2v) is 6.34. The Morgan fingerprint density at radius 2 is 1.80 bits per heavy atom. The molecule has 1 aromatic carbocycles. The van der Waals surface area contributed by atoms with Crippen molar-refractivity contribution in [3.05, 3.63) is 34.9 Å². The first kappa shape index (κ1) is 17.3. The lowest BCUT2D eigenvalue weighted by molar-refractivity contribution is -0.133. The van der Waals surface area contributed by atoms with Gasteiger partial charge in [0.2, 0.25) is 11.8 Å². The van der Waals surface area contributed by atoms with E-state index < -0.39 is 11.6 Å². The Morgan fingerprint density at radius 1 is 1.12 bits per heavy atom. The van der Waals surface area contributed by atoms with E-state index in [1.807, 2.05) is 0 Å². The van der Waals surface area contributed by atoms with Gasteiger partial charge in [-0.2, -0.15) is 0 Å². The summed E-state index contributed by atoms with van der Waals surface area (Å²) >= 11 is 0. The first-order valence-electron chi connectivity index (χ1n) is 8.17. The van der Waals surface area contributed by atoms with Crippen LogP contribution in [0.5, 0.6) is 0 Å². The molecule has 2 aliphatic heterocycles. The Labute approximate surface area is 144 Å². The number of hydrogen-bond donors (Lipinski definition) is 0. The number of halogens is 2. The van der Waals surface area contributed by atoms with Gasteiger partial charge in [0.15, 0.2) is 0 Å². The van der Waals surface area contributed by atoms with Crippen LogP contribution in [-0.2, 0) is 22.6 Å². The highest BCUT2D eigenvalue weighted by molar-refractivity contribution is 6.01. The maximum atomic E-state index is 13.9. The third-order valence-electron chi connectivity index (χ3n) is 4.65. The van der Waals surface area contributed by atoms with Crippen LogP contribution < -0.4 is 0 Å². The molecule has 6 nitrogen and oxygen atoms in total. The van der Waals surface area contributed by atoms with Crippen molar-refractivity contribution in [1.29, 1.82) is 0 Å². The van der Waals surface area contributed by atoms with Crippen molar-refractivity contribution in [2.24, 2.45) is 0 Å². The summed E-state index contributed by atoms with van der Waals surface area (Å²) in [5.41, 5.74) is 0.562. The van der Waals surface area contributed by atoms with Crippen LogP contribution in [0.2, 0.25) is 0 Å². The van der Waals surface area contributed by atoms with E-state index in [4.69, 9.17) is 0 Å². The smallest absolute Gasteiger partial charge is 0.326 e. The van der Waals surface area contributed by atoms with Gasteiger partial charge in [-0.15, -0.1) is 0 Å². The Bertz CT molecular complexity index is 738. The SMILES string of the molecule is CN1CC(=O)N(CCCC(=O)N2CCc3c(F)ccc(F)c3C2)C1=O. The minimum absolute atomic E-state index is 0.0437. The second kappa shape index (κ2) is 6.78. The van der Waals surface area contributed by atoms with Gasteiger partial charge in [-0.1, -0.05) is 0 Å². The number of imide groups is 1. The van der Waals surface area contributed by atoms with Crippen LogP contribution in [0.4, 0.5) is 13.6 Å². The summed E-state index contributed by atoms with van der Waals surface area (Å²) in [6, 6.07) is 1.82. The maximum absolute atomic E-state index is 13.9. The molecule has 25 heavy (non-hydrogen) atoms. The maximum Gasteiger partial charge on any atom is 0.326 e. The van der Waals surface area contributed by atoms with Gasteiger partial charge >= 0.3 is 6.03 Å². The minimum Gasteiger partial charge on any atom is -0.338 e. The summed E-state index contributed by atoms with van der Waals surface area (Å²) in [4.78, 5) is 39.7. The van der Waals surface area contributed by atoms with E-state index in [0.29, 0.717) is 18.5 Å². The van der Waals surface area contributed by atoms with Crippen LogP contribution in [0.15, 0.2) is 12.1 Å². The molecule has 0 saturated carbocycles. The van der Waals surface area contributed by atoms with E-state index in [0.717, 1.165) is 17.0 Å². The zero-order chi connectivity index (χ0) is 18.1. The first-order valence-corrected chi connectivity index (χ1v) is 8.17. The van der Waals surface area contributed by atoms with Gasteiger partial charge < -0.3 is 9.80 Å². The molecule has 0 radical (unpaired) electrons. The van der Waals surface area contributed by atoms with Crippen molar-refractivity contribution in [2.45, 2.75) is 25.8 Å². The quantitative estimate of drug-likeness (QED) is 0.773. The lowest BCUT2D eigenvalue weighted by Gasteiger charge is -2.29. The Kier molecular flexibility index (Phi) is 4.69. The topological polar surface area (TPSA) is 60.9 Å². The summed E-state index contributed by atoms with van der Waals surface area (Å²) in [7, 11) is 1.55. The van der Waals surface area contributed by atoms with Crippen LogP contribution in [-0.4, -0.2) is 59.2 Å². The van der Waals surface area contributed by atoms with Crippen LogP contribution in [0.25, 0.3) is 0 Å². The Morgan fingerprint density at radius 3 is 2.44 bits per heavy atom. The molecule has 0 spiro atoms. The number of nitrogens with zero attached hydrogens (tertiary/aromatic N) is 3. The molecule has 0 atom stereocenters. The van der Waals surface area contributed by atoms with E-state index in [-0.39, 0.29) is 55.9 Å². The molecule has 1 saturated heterocycles. The third-order valence-corrected chi connectivity index (χ3v) is 4.65. The van der Waals surface area contributed by atoms with Crippen LogP contribution >= 0.6 is 0 Å². The molecule has 2 aliphatic rings. The fourth-order valence-corrected chi connectivity index (χ4v) is 3.24. The number of benzene rings is 1. The number of urea groups is 1. The number of fused-ring (bicyclic) bond motifs is 1. The lowest BCUT2D eigenvalue weighted by atomic mass is 9.98. The zero-order valence-electron chi connectivity index (χ0n) is 13.9. The molecule has 134 valence electrons. The van der Waals surface area contributed by atoms with E-state index in [1.165, 1.54) is 9.80 Å². The van der Waals surface area contributed by atoms with Crippen molar-refractivity contribution >= 4 is 17.8 Å². The number of carbonyl (C=O) groups excluding carboxylic acids is 3. The summed E-state index contributed by atoms with van der Waals surface area (Å²) < 4.78 is 27.6. The average molecular weight is 351 g/mol. The highest BCUT2D eigenvalue weighted by Gasteiger charge is 2.33. The van der Waals surface area contributed by atoms with Crippen LogP contribution in [0.3, 0.4) is 0 Å². The molecule has 8 heteroatoms. The van der Waals surface area contributed by atoms with E-state index in [2.05, 4.69) is 0 Å². The van der Waals surface area contributed by atoms with Gasteiger partial charge in [0, 0.05) is 38.7 Å². The normalized spacial score (nSPS) is 17.3. The summed E-state index contributed by atoms with van der Waals surface area (Å²) in [5.74, 6) is -1.42. The molecule has 0 N–H and O–H groups in total. The average Bonchev–Trinajstić information content (AvgIpc) is 2.84. The fraction of sp³-hybridized carbons (Fsp3) is 0.471. The molecule has 2 heterocycles. The second-order valence-electron chi connectivity index (χ2n) is 6.34. The Hall–Kier alpha value is -2.51. The summed E-state index contributed by atoms with van der Waals surface area (Å²) in [5, 5.41) is 0. The van der Waals surface area contributed by atoms with Gasteiger partial charge in [0.1, 0.15) is 18.2 Å². The number of hydrogen-bond acceptors (Lipinski definition) is 3. The van der Waals surface area contributed by atoms with Gasteiger partial charge in [-0.05, 0) is 30.5 Å². The predicted octanol–water partition coefficient (Wildman–Crippen LogP) is 1.52. The van der Waals surface area contributed by atoms with Crippen molar-refractivity contribution < 1.29 is 23.2 Å². The van der Waals surface area contributed by atoms with E-state index in [9.17, 15) is 23.2 Å². The predicted molar refractivity (Wildman–Crippen MR) is 84.5 cm³/mol. The summed E-state index contributed by atoms with van der Waals surface area (Å²) in [6.45, 7) is 0.611. The van der Waals surface area contributed by atoms with Gasteiger partial charge in [0.05, 0.1) is 0 Å². The molecular formula is C17H19F2N3O3. The molecule has 1 fully saturated rings. The lowest BCUT2D eigenvalue weighted by Crippen LogP contribution is -2.38. The number of carbonyl (C=O) groups is 3. The van der Waals surface area contributed by atoms with Gasteiger partial charge in [-0.3, -0.25) is 14.5 Å². The highest BCUT2D eigenvalue weighted by Crippen LogP contribution is 2.25. The van der Waals surface area contributed by atoms with Crippen LogP contribution in [0, 0.1) is 11.6 Å². The number of likely N-dealkylation sites (N-methyl/N-ethyl adjacent to an activating group) is 1. The molecule has 4 amide bonds. The van der Waals surface area contributed by atoms with Crippen molar-refractivity contribution in [1.82, 2.24) is 14.7 Å². The Balaban J connectivity index is 1.55. The minimum atomic E-state index is -0.509. The first-order chi connectivity index (χ1) is 11.9. The molecule has 0 aromatic heterocycles. The number of rotatable bonds is 4. The van der Waals surface area contributed by atoms with Crippen molar-refractivity contribution in [2.75, 3.05) is 26.7 Å². The highest BCUT2D eigenvalue weighted by atomic mass is 19.1. The van der Waals surface area contributed by atoms with Gasteiger partial charge in [-0.25, -0.2) is 13.6 Å². The van der Waals surface area contributed by atoms with Crippen LogP contribution in [0.1, 0.15) is 24.0 Å². The molecule has 0 aliphatic carbocycles. The summed E-state index contributed by atoms with van der Waals surface area (Å²) in [6.07, 6.45) is 0.769. The largest absolute Gasteiger partial charge is 0.338 e. The van der Waals surface area contributed by atoms with Crippen molar-refractivity contribution in [3.63, 3.8) is 0 Å². The molecule has 1 aromatic rings. The molecule has 0 unspecified atom stereocenters. The molecular weight excluding hydrogens is 332 g/mol. The van der Waals surface area contributed by atoms with E-state index in [1.54, 1.807) is 7.05 Å². The monoisotopic (exact) mass is 351 g/mol. The fourth-order valence-electron chi connectivity index (χ4n) is 3.24. The number of amides is 4.